The fourth-order valence-electron chi connectivity index (χ4n) is 2.54. The van der Waals surface area contributed by atoms with E-state index in [-0.39, 0.29) is 0 Å². The highest BCUT2D eigenvalue weighted by molar-refractivity contribution is 4.84. The number of hydrogen-bond donors (Lipinski definition) is 1. The van der Waals surface area contributed by atoms with Gasteiger partial charge < -0.3 is 14.8 Å². The van der Waals surface area contributed by atoms with Crippen LogP contribution in [0, 0.1) is 5.92 Å². The molecule has 1 saturated heterocycles. The van der Waals surface area contributed by atoms with Gasteiger partial charge in [-0.1, -0.05) is 6.92 Å². The number of allylic oxidation sites excluding steroid dienone is 1. The van der Waals surface area contributed by atoms with Gasteiger partial charge in [-0.2, -0.15) is 0 Å². The molecule has 0 saturated carbocycles. The second-order valence-electron chi connectivity index (χ2n) is 4.73. The first-order chi connectivity index (χ1) is 7.90. The van der Waals surface area contributed by atoms with E-state index in [9.17, 15) is 0 Å². The molecule has 0 aromatic carbocycles. The molecular formula is C13H23NO2. The van der Waals surface area contributed by atoms with Gasteiger partial charge in [0.05, 0.1) is 12.4 Å². The van der Waals surface area contributed by atoms with Crippen molar-refractivity contribution in [3.63, 3.8) is 0 Å². The normalized spacial score (nSPS) is 33.9. The first-order valence-corrected chi connectivity index (χ1v) is 6.53. The predicted molar refractivity (Wildman–Crippen MR) is 64.3 cm³/mol. The third-order valence-electron chi connectivity index (χ3n) is 3.55. The van der Waals surface area contributed by atoms with Gasteiger partial charge in [0, 0.05) is 19.7 Å². The summed E-state index contributed by atoms with van der Waals surface area (Å²) in [6.45, 7) is 5.19. The van der Waals surface area contributed by atoms with E-state index in [1.165, 1.54) is 6.42 Å². The number of rotatable bonds is 5. The average molecular weight is 225 g/mol. The minimum absolute atomic E-state index is 0.368. The largest absolute Gasteiger partial charge is 0.497 e. The summed E-state index contributed by atoms with van der Waals surface area (Å²) in [5.74, 6) is 0.698. The summed E-state index contributed by atoms with van der Waals surface area (Å²) < 4.78 is 11.2. The Morgan fingerprint density at radius 3 is 3.00 bits per heavy atom. The summed E-state index contributed by atoms with van der Waals surface area (Å²) in [6.07, 6.45) is 9.40. The van der Waals surface area contributed by atoms with Crippen molar-refractivity contribution < 1.29 is 9.47 Å². The van der Waals surface area contributed by atoms with Crippen LogP contribution in [0.1, 0.15) is 32.6 Å². The molecular weight excluding hydrogens is 202 g/mol. The molecule has 2 aliphatic rings. The minimum Gasteiger partial charge on any atom is -0.497 e. The molecule has 0 aromatic rings. The van der Waals surface area contributed by atoms with E-state index in [0.29, 0.717) is 18.1 Å². The fraction of sp³-hybridized carbons (Fsp3) is 0.846. The Morgan fingerprint density at radius 1 is 1.31 bits per heavy atom. The van der Waals surface area contributed by atoms with Gasteiger partial charge in [0.1, 0.15) is 6.10 Å². The van der Waals surface area contributed by atoms with Crippen LogP contribution in [0.3, 0.4) is 0 Å². The second-order valence-corrected chi connectivity index (χ2v) is 4.73. The molecule has 1 fully saturated rings. The fourth-order valence-corrected chi connectivity index (χ4v) is 2.54. The second kappa shape index (κ2) is 6.26. The van der Waals surface area contributed by atoms with Crippen LogP contribution in [-0.2, 0) is 9.47 Å². The maximum atomic E-state index is 5.67. The van der Waals surface area contributed by atoms with Gasteiger partial charge in [-0.3, -0.25) is 0 Å². The molecule has 1 N–H and O–H groups in total. The van der Waals surface area contributed by atoms with Gasteiger partial charge in [-0.25, -0.2) is 0 Å². The molecule has 2 heterocycles. The molecule has 0 aliphatic carbocycles. The first kappa shape index (κ1) is 11.9. The Hall–Kier alpha value is -0.540. The SMILES string of the molecule is CCC1OCCC1CNCC1CCC=CO1. The lowest BCUT2D eigenvalue weighted by molar-refractivity contribution is 0.0840. The standard InChI is InChI=1S/C13H23NO2/c1-2-13-11(6-8-16-13)9-14-10-12-5-3-4-7-15-12/h4,7,11-14H,2-3,5-6,8-10H2,1H3. The van der Waals surface area contributed by atoms with Gasteiger partial charge in [-0.05, 0) is 37.7 Å². The third kappa shape index (κ3) is 3.22. The lowest BCUT2D eigenvalue weighted by Gasteiger charge is -2.22. The number of ether oxygens (including phenoxy) is 2. The highest BCUT2D eigenvalue weighted by Crippen LogP contribution is 2.22. The van der Waals surface area contributed by atoms with Gasteiger partial charge in [-0.15, -0.1) is 0 Å². The topological polar surface area (TPSA) is 30.5 Å². The van der Waals surface area contributed by atoms with Crippen molar-refractivity contribution in [2.75, 3.05) is 19.7 Å². The zero-order valence-corrected chi connectivity index (χ0v) is 10.2. The maximum Gasteiger partial charge on any atom is 0.110 e. The van der Waals surface area contributed by atoms with Crippen LogP contribution in [0.15, 0.2) is 12.3 Å². The minimum atomic E-state index is 0.368. The van der Waals surface area contributed by atoms with E-state index in [2.05, 4.69) is 18.3 Å². The molecule has 0 amide bonds. The molecule has 16 heavy (non-hydrogen) atoms. The van der Waals surface area contributed by atoms with Crippen molar-refractivity contribution in [2.45, 2.75) is 44.8 Å². The molecule has 0 aromatic heterocycles. The van der Waals surface area contributed by atoms with Crippen molar-refractivity contribution in [3.8, 4) is 0 Å². The van der Waals surface area contributed by atoms with Gasteiger partial charge >= 0.3 is 0 Å². The van der Waals surface area contributed by atoms with Gasteiger partial charge in [0.2, 0.25) is 0 Å². The third-order valence-corrected chi connectivity index (χ3v) is 3.55. The van der Waals surface area contributed by atoms with Crippen molar-refractivity contribution in [1.82, 2.24) is 5.32 Å². The Balaban J connectivity index is 1.62. The Bertz CT molecular complexity index is 230. The first-order valence-electron chi connectivity index (χ1n) is 6.53. The van der Waals surface area contributed by atoms with Crippen LogP contribution >= 0.6 is 0 Å². The molecule has 3 atom stereocenters. The van der Waals surface area contributed by atoms with Crippen molar-refractivity contribution in [3.05, 3.63) is 12.3 Å². The zero-order valence-electron chi connectivity index (χ0n) is 10.2. The van der Waals surface area contributed by atoms with E-state index in [1.807, 2.05) is 6.26 Å². The van der Waals surface area contributed by atoms with Crippen LogP contribution in [0.2, 0.25) is 0 Å². The van der Waals surface area contributed by atoms with Crippen molar-refractivity contribution in [1.29, 1.82) is 0 Å². The summed E-state index contributed by atoms with van der Waals surface area (Å²) >= 11 is 0. The van der Waals surface area contributed by atoms with Crippen molar-refractivity contribution >= 4 is 0 Å². The molecule has 3 nitrogen and oxygen atoms in total. The zero-order chi connectivity index (χ0) is 11.2. The molecule has 2 aliphatic heterocycles. The van der Waals surface area contributed by atoms with E-state index in [1.54, 1.807) is 0 Å². The molecule has 92 valence electrons. The highest BCUT2D eigenvalue weighted by Gasteiger charge is 2.26. The van der Waals surface area contributed by atoms with Crippen LogP contribution in [-0.4, -0.2) is 31.9 Å². The van der Waals surface area contributed by atoms with E-state index in [0.717, 1.165) is 39.0 Å². The van der Waals surface area contributed by atoms with Gasteiger partial charge in [0.25, 0.3) is 0 Å². The molecule has 0 bridgehead atoms. The van der Waals surface area contributed by atoms with Crippen LogP contribution in [0.5, 0.6) is 0 Å². The lowest BCUT2D eigenvalue weighted by atomic mass is 9.99. The smallest absolute Gasteiger partial charge is 0.110 e. The summed E-state index contributed by atoms with van der Waals surface area (Å²) in [7, 11) is 0. The van der Waals surface area contributed by atoms with Crippen molar-refractivity contribution in [2.24, 2.45) is 5.92 Å². The Labute approximate surface area is 98.2 Å². The van der Waals surface area contributed by atoms with Crippen LogP contribution < -0.4 is 5.32 Å². The Kier molecular flexibility index (Phi) is 4.67. The number of hydrogen-bond acceptors (Lipinski definition) is 3. The Morgan fingerprint density at radius 2 is 2.25 bits per heavy atom. The monoisotopic (exact) mass is 225 g/mol. The summed E-state index contributed by atoms with van der Waals surface area (Å²) in [4.78, 5) is 0. The molecule has 3 heteroatoms. The van der Waals surface area contributed by atoms with E-state index >= 15 is 0 Å². The molecule has 0 radical (unpaired) electrons. The lowest BCUT2D eigenvalue weighted by Crippen LogP contribution is -2.34. The molecule has 3 unspecified atom stereocenters. The highest BCUT2D eigenvalue weighted by atomic mass is 16.5. The molecule has 2 rings (SSSR count). The average Bonchev–Trinajstić information content (AvgIpc) is 2.78. The summed E-state index contributed by atoms with van der Waals surface area (Å²) in [5.41, 5.74) is 0. The molecule has 0 spiro atoms. The number of nitrogens with one attached hydrogen (secondary N) is 1. The quantitative estimate of drug-likeness (QED) is 0.777. The van der Waals surface area contributed by atoms with Gasteiger partial charge in [0.15, 0.2) is 0 Å². The predicted octanol–water partition coefficient (Wildman–Crippen LogP) is 2.08. The summed E-state index contributed by atoms with van der Waals surface area (Å²) in [5, 5.41) is 3.52. The maximum absolute atomic E-state index is 5.67. The van der Waals surface area contributed by atoms with E-state index < -0.39 is 0 Å². The summed E-state index contributed by atoms with van der Waals surface area (Å²) in [6, 6.07) is 0. The van der Waals surface area contributed by atoms with Crippen LogP contribution in [0.4, 0.5) is 0 Å². The van der Waals surface area contributed by atoms with E-state index in [4.69, 9.17) is 9.47 Å². The van der Waals surface area contributed by atoms with Crippen LogP contribution in [0.25, 0.3) is 0 Å².